The first kappa shape index (κ1) is 17.7. The molecule has 0 fully saturated rings. The lowest BCUT2D eigenvalue weighted by molar-refractivity contribution is -0.139. The van der Waals surface area contributed by atoms with Gasteiger partial charge in [0.1, 0.15) is 5.69 Å². The molecular weight excluding hydrogens is 306 g/mol. The van der Waals surface area contributed by atoms with Crippen LogP contribution in [0.4, 0.5) is 0 Å². The molecule has 0 saturated carbocycles. The van der Waals surface area contributed by atoms with Crippen LogP contribution in [0.25, 0.3) is 0 Å². The van der Waals surface area contributed by atoms with Gasteiger partial charge in [-0.2, -0.15) is 5.10 Å². The molecule has 0 aliphatic rings. The van der Waals surface area contributed by atoms with Gasteiger partial charge in [-0.25, -0.2) is 4.79 Å². The van der Waals surface area contributed by atoms with Gasteiger partial charge in [-0.3, -0.25) is 9.48 Å². The number of aliphatic carboxylic acids is 1. The van der Waals surface area contributed by atoms with E-state index in [4.69, 9.17) is 0 Å². The third-order valence-corrected chi connectivity index (χ3v) is 4.11. The highest BCUT2D eigenvalue weighted by molar-refractivity contribution is 5.95. The lowest BCUT2D eigenvalue weighted by Crippen LogP contribution is -2.34. The van der Waals surface area contributed by atoms with Crippen LogP contribution in [0.3, 0.4) is 0 Å². The van der Waals surface area contributed by atoms with E-state index in [0.29, 0.717) is 11.3 Å². The van der Waals surface area contributed by atoms with E-state index in [0.717, 1.165) is 16.8 Å². The minimum atomic E-state index is -1.10. The van der Waals surface area contributed by atoms with E-state index in [1.165, 1.54) is 4.68 Å². The Morgan fingerprint density at radius 3 is 2.33 bits per heavy atom. The zero-order valence-corrected chi connectivity index (χ0v) is 14.6. The second-order valence-electron chi connectivity index (χ2n) is 6.32. The molecule has 24 heavy (non-hydrogen) atoms. The van der Waals surface area contributed by atoms with Crippen LogP contribution in [-0.2, 0) is 11.8 Å². The van der Waals surface area contributed by atoms with Crippen LogP contribution < -0.4 is 5.32 Å². The van der Waals surface area contributed by atoms with Crippen molar-refractivity contribution in [3.8, 4) is 0 Å². The predicted molar refractivity (Wildman–Crippen MR) is 91.1 cm³/mol. The second-order valence-corrected chi connectivity index (χ2v) is 6.32. The highest BCUT2D eigenvalue weighted by Gasteiger charge is 2.25. The number of hydrogen-bond acceptors (Lipinski definition) is 3. The van der Waals surface area contributed by atoms with Gasteiger partial charge in [0.05, 0.1) is 5.69 Å². The summed E-state index contributed by atoms with van der Waals surface area (Å²) in [5.41, 5.74) is 3.73. The van der Waals surface area contributed by atoms with Crippen LogP contribution in [0.2, 0.25) is 0 Å². The number of hydrogen-bond donors (Lipinski definition) is 2. The molecule has 1 aromatic carbocycles. The number of benzene rings is 1. The number of nitrogens with zero attached hydrogens (tertiary/aromatic N) is 2. The summed E-state index contributed by atoms with van der Waals surface area (Å²) in [6.07, 6.45) is 0. The van der Waals surface area contributed by atoms with Crippen LogP contribution in [-0.4, -0.2) is 26.8 Å². The first-order valence-electron chi connectivity index (χ1n) is 7.85. The average Bonchev–Trinajstić information content (AvgIpc) is 2.89. The highest BCUT2D eigenvalue weighted by Crippen LogP contribution is 2.19. The molecule has 2 rings (SSSR count). The van der Waals surface area contributed by atoms with Gasteiger partial charge in [0.2, 0.25) is 0 Å². The summed E-state index contributed by atoms with van der Waals surface area (Å²) < 4.78 is 1.48. The van der Waals surface area contributed by atoms with E-state index in [1.807, 2.05) is 33.8 Å². The van der Waals surface area contributed by atoms with Gasteiger partial charge in [0, 0.05) is 7.05 Å². The molecule has 0 radical (unpaired) electrons. The van der Waals surface area contributed by atoms with Crippen molar-refractivity contribution < 1.29 is 14.7 Å². The van der Waals surface area contributed by atoms with Crippen LogP contribution >= 0.6 is 0 Å². The van der Waals surface area contributed by atoms with Crippen LogP contribution in [0.5, 0.6) is 0 Å². The lowest BCUT2D eigenvalue weighted by Gasteiger charge is -2.16. The minimum absolute atomic E-state index is 0.188. The number of carboxylic acid groups (broad SMARTS) is 1. The van der Waals surface area contributed by atoms with Crippen LogP contribution in [0.1, 0.15) is 58.7 Å². The van der Waals surface area contributed by atoms with Crippen LogP contribution in [0.15, 0.2) is 24.3 Å². The van der Waals surface area contributed by atoms with Crippen molar-refractivity contribution in [2.75, 3.05) is 0 Å². The van der Waals surface area contributed by atoms with Crippen molar-refractivity contribution in [1.29, 1.82) is 0 Å². The molecule has 1 atom stereocenters. The van der Waals surface area contributed by atoms with Crippen molar-refractivity contribution in [1.82, 2.24) is 15.1 Å². The topological polar surface area (TPSA) is 84.2 Å². The smallest absolute Gasteiger partial charge is 0.330 e. The highest BCUT2D eigenvalue weighted by atomic mass is 16.4. The Labute approximate surface area is 141 Å². The summed E-state index contributed by atoms with van der Waals surface area (Å²) in [7, 11) is 1.67. The predicted octanol–water partition coefficient (Wildman–Crippen LogP) is 2.72. The standard InChI is InChI=1S/C18H23N3O3/c1-10(2)14-9-15(21(5)20-14)17(22)19-16(18(23)24)13-7-6-11(3)12(4)8-13/h6-10,16H,1-5H3,(H,19,22)(H,23,24). The van der Waals surface area contributed by atoms with Crippen molar-refractivity contribution in [3.63, 3.8) is 0 Å². The van der Waals surface area contributed by atoms with E-state index in [2.05, 4.69) is 10.4 Å². The van der Waals surface area contributed by atoms with Crippen molar-refractivity contribution in [3.05, 3.63) is 52.3 Å². The monoisotopic (exact) mass is 329 g/mol. The largest absolute Gasteiger partial charge is 0.479 e. The molecule has 6 nitrogen and oxygen atoms in total. The zero-order valence-electron chi connectivity index (χ0n) is 14.6. The first-order valence-corrected chi connectivity index (χ1v) is 7.85. The molecule has 1 amide bonds. The Balaban J connectivity index is 2.29. The SMILES string of the molecule is Cc1ccc(C(NC(=O)c2cc(C(C)C)nn2C)C(=O)O)cc1C. The van der Waals surface area contributed by atoms with Crippen LogP contribution in [0, 0.1) is 13.8 Å². The Morgan fingerprint density at radius 2 is 1.83 bits per heavy atom. The maximum absolute atomic E-state index is 12.5. The quantitative estimate of drug-likeness (QED) is 0.883. The molecule has 0 bridgehead atoms. The fourth-order valence-electron chi connectivity index (χ4n) is 2.42. The van der Waals surface area contributed by atoms with E-state index in [9.17, 15) is 14.7 Å². The van der Waals surface area contributed by atoms with Gasteiger partial charge in [0.15, 0.2) is 6.04 Å². The van der Waals surface area contributed by atoms with E-state index in [-0.39, 0.29) is 5.92 Å². The van der Waals surface area contributed by atoms with Gasteiger partial charge in [-0.1, -0.05) is 32.0 Å². The fourth-order valence-corrected chi connectivity index (χ4v) is 2.42. The Bertz CT molecular complexity index is 778. The molecule has 1 unspecified atom stereocenters. The molecule has 0 aliphatic heterocycles. The van der Waals surface area contributed by atoms with Crippen molar-refractivity contribution >= 4 is 11.9 Å². The summed E-state index contributed by atoms with van der Waals surface area (Å²) in [6, 6.07) is 5.96. The fraction of sp³-hybridized carbons (Fsp3) is 0.389. The molecule has 0 aliphatic carbocycles. The first-order chi connectivity index (χ1) is 11.2. The molecular formula is C18H23N3O3. The Hall–Kier alpha value is -2.63. The van der Waals surface area contributed by atoms with Gasteiger partial charge in [0.25, 0.3) is 5.91 Å². The molecule has 0 saturated heterocycles. The maximum atomic E-state index is 12.5. The third-order valence-electron chi connectivity index (χ3n) is 4.11. The Kier molecular flexibility index (Phi) is 5.07. The molecule has 1 aromatic heterocycles. The summed E-state index contributed by atoms with van der Waals surface area (Å²) >= 11 is 0. The number of nitrogens with one attached hydrogen (secondary N) is 1. The summed E-state index contributed by atoms with van der Waals surface area (Å²) in [6.45, 7) is 7.84. The lowest BCUT2D eigenvalue weighted by atomic mass is 10.0. The zero-order chi connectivity index (χ0) is 18.0. The number of carbonyl (C=O) groups is 2. The van der Waals surface area contributed by atoms with E-state index < -0.39 is 17.9 Å². The molecule has 6 heteroatoms. The van der Waals surface area contributed by atoms with Crippen molar-refractivity contribution in [2.24, 2.45) is 7.05 Å². The van der Waals surface area contributed by atoms with Gasteiger partial charge >= 0.3 is 5.97 Å². The van der Waals surface area contributed by atoms with E-state index in [1.54, 1.807) is 25.2 Å². The Morgan fingerprint density at radius 1 is 1.17 bits per heavy atom. The second kappa shape index (κ2) is 6.86. The number of carboxylic acids is 1. The van der Waals surface area contributed by atoms with Crippen molar-refractivity contribution in [2.45, 2.75) is 39.7 Å². The number of carbonyl (C=O) groups excluding carboxylic acids is 1. The molecule has 2 N–H and O–H groups in total. The number of rotatable bonds is 5. The summed E-state index contributed by atoms with van der Waals surface area (Å²) in [5, 5.41) is 16.4. The van der Waals surface area contributed by atoms with Gasteiger partial charge in [-0.15, -0.1) is 0 Å². The summed E-state index contributed by atoms with van der Waals surface area (Å²) in [4.78, 5) is 24.1. The molecule has 0 spiro atoms. The molecule has 128 valence electrons. The minimum Gasteiger partial charge on any atom is -0.479 e. The van der Waals surface area contributed by atoms with Gasteiger partial charge in [-0.05, 0) is 42.5 Å². The number of amides is 1. The normalized spacial score (nSPS) is 12.2. The summed E-state index contributed by atoms with van der Waals surface area (Å²) in [5.74, 6) is -1.37. The van der Waals surface area contributed by atoms with E-state index >= 15 is 0 Å². The third kappa shape index (κ3) is 3.64. The molecule has 1 heterocycles. The molecule has 2 aromatic rings. The average molecular weight is 329 g/mol. The van der Waals surface area contributed by atoms with Gasteiger partial charge < -0.3 is 10.4 Å². The maximum Gasteiger partial charge on any atom is 0.330 e. The number of aryl methyl sites for hydroxylation is 3. The number of aromatic nitrogens is 2.